The Morgan fingerprint density at radius 2 is 1.85 bits per heavy atom. The molecule has 3 rings (SSSR count). The minimum atomic E-state index is -1.69. The number of benzene rings is 1. The van der Waals surface area contributed by atoms with Crippen molar-refractivity contribution in [3.8, 4) is 0 Å². The number of nitrogens with zero attached hydrogens (tertiary/aromatic N) is 1. The summed E-state index contributed by atoms with van der Waals surface area (Å²) in [7, 11) is 0. The third kappa shape index (κ3) is 4.14. The number of carbonyl (C=O) groups is 2. The Kier molecular flexibility index (Phi) is 5.20. The maximum atomic E-state index is 13.7. The van der Waals surface area contributed by atoms with Gasteiger partial charge in [-0.1, -0.05) is 0 Å². The van der Waals surface area contributed by atoms with Crippen LogP contribution in [0.1, 0.15) is 26.6 Å². The average Bonchev–Trinajstić information content (AvgIpc) is 3.20. The number of aromatic nitrogens is 1. The first kappa shape index (κ1) is 18.2. The minimum Gasteiger partial charge on any atom is -0.467 e. The lowest BCUT2D eigenvalue weighted by molar-refractivity contribution is 0.0943. The summed E-state index contributed by atoms with van der Waals surface area (Å²) in [6.07, 6.45) is 2.68. The SMILES string of the molecule is O=C(Nc1ccc(F)c(F)c1F)c1ccnc(C(=O)NCc2ccco2)c1. The van der Waals surface area contributed by atoms with E-state index in [0.29, 0.717) is 11.8 Å². The van der Waals surface area contributed by atoms with E-state index in [0.717, 1.165) is 6.07 Å². The molecular formula is C18H12F3N3O3. The number of nitrogens with one attached hydrogen (secondary N) is 2. The fourth-order valence-electron chi connectivity index (χ4n) is 2.18. The van der Waals surface area contributed by atoms with Gasteiger partial charge < -0.3 is 15.1 Å². The number of hydrogen-bond acceptors (Lipinski definition) is 4. The smallest absolute Gasteiger partial charge is 0.270 e. The van der Waals surface area contributed by atoms with E-state index in [1.165, 1.54) is 24.6 Å². The first-order valence-corrected chi connectivity index (χ1v) is 7.67. The summed E-state index contributed by atoms with van der Waals surface area (Å²) in [6.45, 7) is 0.129. The summed E-state index contributed by atoms with van der Waals surface area (Å²) in [5.74, 6) is -5.42. The minimum absolute atomic E-state index is 0.0164. The Morgan fingerprint density at radius 3 is 2.59 bits per heavy atom. The summed E-state index contributed by atoms with van der Waals surface area (Å²) in [5, 5.41) is 4.68. The third-order valence-electron chi connectivity index (χ3n) is 3.54. The van der Waals surface area contributed by atoms with E-state index < -0.39 is 35.0 Å². The lowest BCUT2D eigenvalue weighted by Gasteiger charge is -2.08. The van der Waals surface area contributed by atoms with E-state index in [9.17, 15) is 22.8 Å². The van der Waals surface area contributed by atoms with Gasteiger partial charge in [0.05, 0.1) is 18.5 Å². The predicted molar refractivity (Wildman–Crippen MR) is 88.4 cm³/mol. The fourth-order valence-corrected chi connectivity index (χ4v) is 2.18. The largest absolute Gasteiger partial charge is 0.467 e. The lowest BCUT2D eigenvalue weighted by atomic mass is 10.2. The van der Waals surface area contributed by atoms with Crippen LogP contribution in [0, 0.1) is 17.5 Å². The van der Waals surface area contributed by atoms with Crippen molar-refractivity contribution in [1.29, 1.82) is 0 Å². The highest BCUT2D eigenvalue weighted by Gasteiger charge is 2.17. The first-order valence-electron chi connectivity index (χ1n) is 7.67. The van der Waals surface area contributed by atoms with Gasteiger partial charge in [-0.2, -0.15) is 0 Å². The zero-order chi connectivity index (χ0) is 19.4. The number of pyridine rings is 1. The molecule has 6 nitrogen and oxygen atoms in total. The Bertz CT molecular complexity index is 991. The number of halogens is 3. The monoisotopic (exact) mass is 375 g/mol. The van der Waals surface area contributed by atoms with Crippen LogP contribution in [0.5, 0.6) is 0 Å². The van der Waals surface area contributed by atoms with Crippen molar-refractivity contribution in [2.45, 2.75) is 6.54 Å². The zero-order valence-corrected chi connectivity index (χ0v) is 13.6. The van der Waals surface area contributed by atoms with E-state index in [2.05, 4.69) is 15.6 Å². The molecule has 138 valence electrons. The molecule has 0 saturated heterocycles. The summed E-state index contributed by atoms with van der Waals surface area (Å²) in [4.78, 5) is 28.2. The molecule has 2 heterocycles. The van der Waals surface area contributed by atoms with Gasteiger partial charge in [0.1, 0.15) is 11.5 Å². The Balaban J connectivity index is 1.72. The molecule has 0 spiro atoms. The van der Waals surface area contributed by atoms with Crippen molar-refractivity contribution in [3.05, 3.63) is 83.3 Å². The number of furan rings is 1. The predicted octanol–water partition coefficient (Wildman–Crippen LogP) is 3.27. The van der Waals surface area contributed by atoms with Gasteiger partial charge in [-0.15, -0.1) is 0 Å². The third-order valence-corrected chi connectivity index (χ3v) is 3.54. The van der Waals surface area contributed by atoms with Crippen molar-refractivity contribution in [2.24, 2.45) is 0 Å². The van der Waals surface area contributed by atoms with Crippen molar-refractivity contribution in [3.63, 3.8) is 0 Å². The topological polar surface area (TPSA) is 84.2 Å². The molecule has 2 aromatic heterocycles. The van der Waals surface area contributed by atoms with Crippen LogP contribution in [0.15, 0.2) is 53.3 Å². The highest BCUT2D eigenvalue weighted by Crippen LogP contribution is 2.20. The molecule has 0 unspecified atom stereocenters. The Labute approximate surface area is 151 Å². The van der Waals surface area contributed by atoms with Gasteiger partial charge in [0.2, 0.25) is 0 Å². The van der Waals surface area contributed by atoms with Crippen LogP contribution in [0.4, 0.5) is 18.9 Å². The Hall–Kier alpha value is -3.62. The van der Waals surface area contributed by atoms with Gasteiger partial charge in [-0.3, -0.25) is 14.6 Å². The van der Waals surface area contributed by atoms with Crippen molar-refractivity contribution >= 4 is 17.5 Å². The molecule has 0 atom stereocenters. The molecule has 0 aliphatic heterocycles. The standard InChI is InChI=1S/C18H12F3N3O3/c19-12-3-4-13(16(21)15(12)20)24-17(25)10-5-6-22-14(8-10)18(26)23-9-11-2-1-7-27-11/h1-8H,9H2,(H,23,26)(H,24,25). The molecule has 2 amide bonds. The maximum absolute atomic E-state index is 13.7. The van der Waals surface area contributed by atoms with E-state index in [1.807, 2.05) is 0 Å². The molecule has 1 aromatic carbocycles. The zero-order valence-electron chi connectivity index (χ0n) is 13.6. The molecule has 2 N–H and O–H groups in total. The van der Waals surface area contributed by atoms with E-state index in [-0.39, 0.29) is 17.8 Å². The average molecular weight is 375 g/mol. The number of amides is 2. The summed E-state index contributed by atoms with van der Waals surface area (Å²) in [6, 6.07) is 7.40. The second-order valence-corrected chi connectivity index (χ2v) is 5.37. The molecule has 0 aliphatic rings. The molecule has 3 aromatic rings. The molecule has 0 aliphatic carbocycles. The van der Waals surface area contributed by atoms with Crippen molar-refractivity contribution in [1.82, 2.24) is 10.3 Å². The van der Waals surface area contributed by atoms with E-state index >= 15 is 0 Å². The number of hydrogen-bond donors (Lipinski definition) is 2. The van der Waals surface area contributed by atoms with Crippen LogP contribution in [-0.2, 0) is 6.54 Å². The quantitative estimate of drug-likeness (QED) is 0.671. The fraction of sp³-hybridized carbons (Fsp3) is 0.0556. The summed E-state index contributed by atoms with van der Waals surface area (Å²) in [5.41, 5.74) is -0.600. The van der Waals surface area contributed by atoms with Gasteiger partial charge in [0.25, 0.3) is 11.8 Å². The van der Waals surface area contributed by atoms with Crippen LogP contribution in [0.25, 0.3) is 0 Å². The molecule has 0 bridgehead atoms. The van der Waals surface area contributed by atoms with Gasteiger partial charge >= 0.3 is 0 Å². The van der Waals surface area contributed by atoms with Crippen LogP contribution < -0.4 is 10.6 Å². The Morgan fingerprint density at radius 1 is 1.04 bits per heavy atom. The van der Waals surface area contributed by atoms with Crippen LogP contribution >= 0.6 is 0 Å². The highest BCUT2D eigenvalue weighted by atomic mass is 19.2. The van der Waals surface area contributed by atoms with Crippen LogP contribution in [-0.4, -0.2) is 16.8 Å². The van der Waals surface area contributed by atoms with E-state index in [1.54, 1.807) is 12.1 Å². The normalized spacial score (nSPS) is 10.5. The number of rotatable bonds is 5. The molecule has 0 fully saturated rings. The first-order chi connectivity index (χ1) is 13.0. The van der Waals surface area contributed by atoms with Crippen LogP contribution in [0.3, 0.4) is 0 Å². The molecule has 27 heavy (non-hydrogen) atoms. The molecule has 9 heteroatoms. The number of anilines is 1. The van der Waals surface area contributed by atoms with Gasteiger partial charge in [-0.05, 0) is 36.4 Å². The summed E-state index contributed by atoms with van der Waals surface area (Å²) >= 11 is 0. The molecule has 0 radical (unpaired) electrons. The van der Waals surface area contributed by atoms with E-state index in [4.69, 9.17) is 4.42 Å². The van der Waals surface area contributed by atoms with Gasteiger partial charge in [0.15, 0.2) is 17.5 Å². The van der Waals surface area contributed by atoms with Gasteiger partial charge in [0, 0.05) is 11.8 Å². The van der Waals surface area contributed by atoms with Crippen LogP contribution in [0.2, 0.25) is 0 Å². The van der Waals surface area contributed by atoms with Gasteiger partial charge in [-0.25, -0.2) is 13.2 Å². The summed E-state index contributed by atoms with van der Waals surface area (Å²) < 4.78 is 44.9. The highest BCUT2D eigenvalue weighted by molar-refractivity contribution is 6.05. The lowest BCUT2D eigenvalue weighted by Crippen LogP contribution is -2.24. The maximum Gasteiger partial charge on any atom is 0.270 e. The second kappa shape index (κ2) is 7.73. The number of carbonyl (C=O) groups excluding carboxylic acids is 2. The second-order valence-electron chi connectivity index (χ2n) is 5.37. The van der Waals surface area contributed by atoms with Crippen molar-refractivity contribution < 1.29 is 27.2 Å². The molecular weight excluding hydrogens is 363 g/mol. The molecule has 0 saturated carbocycles. The van der Waals surface area contributed by atoms with Crippen molar-refractivity contribution in [2.75, 3.05) is 5.32 Å².